The minimum Gasteiger partial charge on any atom is -0.379 e. The van der Waals surface area contributed by atoms with Gasteiger partial charge in [0.05, 0.1) is 12.1 Å². The minimum absolute atomic E-state index is 0.227. The monoisotopic (exact) mass is 221 g/mol. The van der Waals surface area contributed by atoms with Crippen LogP contribution in [-0.4, -0.2) is 20.3 Å². The summed E-state index contributed by atoms with van der Waals surface area (Å²) in [5.41, 5.74) is 3.96. The highest BCUT2D eigenvalue weighted by atomic mass is 16.5. The number of benzene rings is 1. The van der Waals surface area contributed by atoms with Crippen molar-refractivity contribution in [2.24, 2.45) is 0 Å². The maximum absolute atomic E-state index is 5.54. The quantitative estimate of drug-likeness (QED) is 0.825. The van der Waals surface area contributed by atoms with Crippen molar-refractivity contribution in [3.63, 3.8) is 0 Å². The van der Waals surface area contributed by atoms with E-state index in [2.05, 4.69) is 44.3 Å². The van der Waals surface area contributed by atoms with Gasteiger partial charge in [0.2, 0.25) is 0 Å². The van der Waals surface area contributed by atoms with Crippen molar-refractivity contribution in [2.75, 3.05) is 14.2 Å². The van der Waals surface area contributed by atoms with E-state index in [9.17, 15) is 0 Å². The molecule has 0 spiro atoms. The molecule has 0 aliphatic rings. The number of ether oxygens (including phenoxy) is 1. The van der Waals surface area contributed by atoms with Crippen molar-refractivity contribution in [3.8, 4) is 0 Å². The lowest BCUT2D eigenvalue weighted by molar-refractivity contribution is 0.0673. The van der Waals surface area contributed by atoms with Crippen LogP contribution in [0.25, 0.3) is 0 Å². The summed E-state index contributed by atoms with van der Waals surface area (Å²) in [5, 5.41) is 3.36. The maximum atomic E-state index is 5.54. The van der Waals surface area contributed by atoms with Crippen molar-refractivity contribution in [2.45, 2.75) is 39.3 Å². The van der Waals surface area contributed by atoms with Gasteiger partial charge in [0, 0.05) is 7.11 Å². The van der Waals surface area contributed by atoms with Gasteiger partial charge < -0.3 is 10.1 Å². The van der Waals surface area contributed by atoms with Crippen LogP contribution in [0.2, 0.25) is 0 Å². The van der Waals surface area contributed by atoms with Crippen molar-refractivity contribution < 1.29 is 4.74 Å². The molecular weight excluding hydrogens is 198 g/mol. The third-order valence-electron chi connectivity index (χ3n) is 3.16. The van der Waals surface area contributed by atoms with E-state index < -0.39 is 0 Å². The van der Waals surface area contributed by atoms with Gasteiger partial charge >= 0.3 is 0 Å². The number of likely N-dealkylation sites (N-methyl/N-ethyl adjacent to an activating group) is 1. The molecule has 1 rings (SSSR count). The number of methoxy groups -OCH3 is 1. The summed E-state index contributed by atoms with van der Waals surface area (Å²) in [7, 11) is 3.78. The zero-order valence-corrected chi connectivity index (χ0v) is 11.0. The van der Waals surface area contributed by atoms with Crippen LogP contribution in [0.4, 0.5) is 0 Å². The molecular formula is C14H23NO. The molecule has 0 bridgehead atoms. The van der Waals surface area contributed by atoms with Gasteiger partial charge in [-0.2, -0.15) is 0 Å². The van der Waals surface area contributed by atoms with Crippen LogP contribution in [0.5, 0.6) is 0 Å². The van der Waals surface area contributed by atoms with Gasteiger partial charge in [-0.25, -0.2) is 0 Å². The van der Waals surface area contributed by atoms with Crippen LogP contribution in [0.1, 0.15) is 36.1 Å². The van der Waals surface area contributed by atoms with Gasteiger partial charge in [-0.3, -0.25) is 0 Å². The largest absolute Gasteiger partial charge is 0.379 e. The lowest BCUT2D eigenvalue weighted by Crippen LogP contribution is -2.31. The predicted molar refractivity (Wildman–Crippen MR) is 68.8 cm³/mol. The van der Waals surface area contributed by atoms with Gasteiger partial charge in [-0.1, -0.05) is 30.7 Å². The third-order valence-corrected chi connectivity index (χ3v) is 3.16. The average Bonchev–Trinajstić information content (AvgIpc) is 2.29. The lowest BCUT2D eigenvalue weighted by Gasteiger charge is -2.26. The molecule has 2 nitrogen and oxygen atoms in total. The molecule has 0 amide bonds. The Morgan fingerprint density at radius 2 is 2.00 bits per heavy atom. The molecule has 0 heterocycles. The SMILES string of the molecule is CCC(OC)C(NC)c1cc(C)ccc1C. The molecule has 0 aromatic heterocycles. The Morgan fingerprint density at radius 1 is 1.31 bits per heavy atom. The van der Waals surface area contributed by atoms with Crippen LogP contribution in [0.3, 0.4) is 0 Å². The molecule has 1 N–H and O–H groups in total. The normalized spacial score (nSPS) is 14.8. The number of rotatable bonds is 5. The van der Waals surface area contributed by atoms with E-state index in [0.717, 1.165) is 6.42 Å². The number of nitrogens with one attached hydrogen (secondary N) is 1. The van der Waals surface area contributed by atoms with Crippen LogP contribution in [0, 0.1) is 13.8 Å². The van der Waals surface area contributed by atoms with Crippen molar-refractivity contribution in [3.05, 3.63) is 34.9 Å². The smallest absolute Gasteiger partial charge is 0.0763 e. The molecule has 2 heteroatoms. The van der Waals surface area contributed by atoms with E-state index in [1.54, 1.807) is 7.11 Å². The molecule has 90 valence electrons. The Labute approximate surface area is 99.0 Å². The summed E-state index contributed by atoms with van der Waals surface area (Å²) in [4.78, 5) is 0. The number of hydrogen-bond donors (Lipinski definition) is 1. The molecule has 0 aliphatic heterocycles. The summed E-state index contributed by atoms with van der Waals surface area (Å²) in [6.45, 7) is 6.44. The van der Waals surface area contributed by atoms with Crippen LogP contribution >= 0.6 is 0 Å². The fourth-order valence-electron chi connectivity index (χ4n) is 2.18. The molecule has 2 atom stereocenters. The first-order valence-corrected chi connectivity index (χ1v) is 5.91. The first-order chi connectivity index (χ1) is 7.63. The summed E-state index contributed by atoms with van der Waals surface area (Å²) in [6, 6.07) is 6.85. The Kier molecular flexibility index (Phi) is 4.97. The van der Waals surface area contributed by atoms with Gasteiger partial charge in [0.15, 0.2) is 0 Å². The number of hydrogen-bond acceptors (Lipinski definition) is 2. The second kappa shape index (κ2) is 6.02. The Balaban J connectivity index is 3.06. The molecule has 0 aliphatic carbocycles. The second-order valence-corrected chi connectivity index (χ2v) is 4.31. The summed E-state index contributed by atoms with van der Waals surface area (Å²) in [5.74, 6) is 0. The van der Waals surface area contributed by atoms with Crippen LogP contribution in [0.15, 0.2) is 18.2 Å². The molecule has 1 aromatic rings. The zero-order valence-electron chi connectivity index (χ0n) is 11.0. The van der Waals surface area contributed by atoms with Crippen molar-refractivity contribution >= 4 is 0 Å². The molecule has 0 saturated carbocycles. The molecule has 1 aromatic carbocycles. The van der Waals surface area contributed by atoms with Crippen LogP contribution < -0.4 is 5.32 Å². The molecule has 0 radical (unpaired) electrons. The molecule has 0 saturated heterocycles. The Hall–Kier alpha value is -0.860. The summed E-state index contributed by atoms with van der Waals surface area (Å²) < 4.78 is 5.54. The molecule has 2 unspecified atom stereocenters. The zero-order chi connectivity index (χ0) is 12.1. The van der Waals surface area contributed by atoms with Crippen molar-refractivity contribution in [1.29, 1.82) is 0 Å². The van der Waals surface area contributed by atoms with E-state index >= 15 is 0 Å². The van der Waals surface area contributed by atoms with Crippen LogP contribution in [-0.2, 0) is 4.74 Å². The van der Waals surface area contributed by atoms with E-state index in [0.29, 0.717) is 0 Å². The maximum Gasteiger partial charge on any atom is 0.0763 e. The fraction of sp³-hybridized carbons (Fsp3) is 0.571. The van der Waals surface area contributed by atoms with E-state index in [-0.39, 0.29) is 12.1 Å². The minimum atomic E-state index is 0.227. The summed E-state index contributed by atoms with van der Waals surface area (Å²) in [6.07, 6.45) is 1.24. The van der Waals surface area contributed by atoms with Crippen molar-refractivity contribution in [1.82, 2.24) is 5.32 Å². The van der Waals surface area contributed by atoms with Gasteiger partial charge in [-0.15, -0.1) is 0 Å². The highest BCUT2D eigenvalue weighted by Crippen LogP contribution is 2.24. The van der Waals surface area contributed by atoms with E-state index in [4.69, 9.17) is 4.74 Å². The highest BCUT2D eigenvalue weighted by Gasteiger charge is 2.21. The first-order valence-electron chi connectivity index (χ1n) is 5.91. The predicted octanol–water partition coefficient (Wildman–Crippen LogP) is 2.99. The van der Waals surface area contributed by atoms with Gasteiger partial charge in [-0.05, 0) is 38.4 Å². The molecule has 0 fully saturated rings. The average molecular weight is 221 g/mol. The lowest BCUT2D eigenvalue weighted by atomic mass is 9.94. The summed E-state index contributed by atoms with van der Waals surface area (Å²) >= 11 is 0. The second-order valence-electron chi connectivity index (χ2n) is 4.31. The van der Waals surface area contributed by atoms with E-state index in [1.165, 1.54) is 16.7 Å². The highest BCUT2D eigenvalue weighted by molar-refractivity contribution is 5.33. The molecule has 16 heavy (non-hydrogen) atoms. The van der Waals surface area contributed by atoms with E-state index in [1.807, 2.05) is 7.05 Å². The Bertz CT molecular complexity index is 332. The standard InChI is InChI=1S/C14H23NO/c1-6-13(16-5)14(15-4)12-9-10(2)7-8-11(12)3/h7-9,13-15H,6H2,1-5H3. The fourth-order valence-corrected chi connectivity index (χ4v) is 2.18. The number of aryl methyl sites for hydroxylation is 2. The topological polar surface area (TPSA) is 21.3 Å². The Morgan fingerprint density at radius 3 is 2.50 bits per heavy atom. The van der Waals surface area contributed by atoms with Gasteiger partial charge in [0.1, 0.15) is 0 Å². The van der Waals surface area contributed by atoms with Gasteiger partial charge in [0.25, 0.3) is 0 Å². The first kappa shape index (κ1) is 13.2. The third kappa shape index (κ3) is 2.83.